The molecular formula is C39H51N7O3. The zero-order chi connectivity index (χ0) is 34.3. The monoisotopic (exact) mass is 665 g/mol. The molecule has 1 unspecified atom stereocenters. The summed E-state index contributed by atoms with van der Waals surface area (Å²) in [7, 11) is 4.17. The van der Waals surface area contributed by atoms with Crippen LogP contribution in [-0.2, 0) is 37.1 Å². The number of hydrogen-bond acceptors (Lipinski definition) is 6. The first-order valence-corrected chi connectivity index (χ1v) is 17.9. The minimum atomic E-state index is -0.487. The summed E-state index contributed by atoms with van der Waals surface area (Å²) in [4.78, 5) is 41.9. The number of para-hydroxylation sites is 3. The standard InChI is InChI=1S/C39H51N7O3/c1-5-29-17-16-28(26-30(29)6-2)27-35(37-40-34-14-9-10-15-36(34)46(37)22-11-21-43(3)4)42-39(48)49-44-23-19-32(20-24-44)45-25-18-31-12-7-8-13-33(31)41-38(45)47/h7-10,12-17,26,32,35H,5-6,11,18-25,27H2,1-4H3,(H,41,47)(H,42,48). The van der Waals surface area contributed by atoms with Crippen molar-refractivity contribution in [2.75, 3.05) is 45.6 Å². The van der Waals surface area contributed by atoms with Gasteiger partial charge in [-0.15, -0.1) is 5.06 Å². The van der Waals surface area contributed by atoms with Crippen LogP contribution in [0.2, 0.25) is 0 Å². The van der Waals surface area contributed by atoms with Gasteiger partial charge in [0, 0.05) is 44.3 Å². The van der Waals surface area contributed by atoms with E-state index in [0.29, 0.717) is 26.1 Å². The van der Waals surface area contributed by atoms with Crippen LogP contribution < -0.4 is 10.6 Å². The van der Waals surface area contributed by atoms with Gasteiger partial charge in [0.2, 0.25) is 0 Å². The zero-order valence-corrected chi connectivity index (χ0v) is 29.5. The molecule has 3 heterocycles. The van der Waals surface area contributed by atoms with Gasteiger partial charge in [0.15, 0.2) is 0 Å². The summed E-state index contributed by atoms with van der Waals surface area (Å²) >= 11 is 0. The quantitative estimate of drug-likeness (QED) is 0.177. The van der Waals surface area contributed by atoms with Crippen molar-refractivity contribution in [3.8, 4) is 0 Å². The predicted octanol–water partition coefficient (Wildman–Crippen LogP) is 6.59. The fraction of sp³-hybridized carbons (Fsp3) is 0.462. The molecule has 49 heavy (non-hydrogen) atoms. The Morgan fingerprint density at radius 3 is 2.53 bits per heavy atom. The van der Waals surface area contributed by atoms with Crippen LogP contribution in [0.15, 0.2) is 66.7 Å². The second kappa shape index (κ2) is 15.9. The van der Waals surface area contributed by atoms with Crippen molar-refractivity contribution in [3.63, 3.8) is 0 Å². The maximum atomic E-state index is 13.7. The van der Waals surface area contributed by atoms with Crippen LogP contribution in [0.5, 0.6) is 0 Å². The maximum Gasteiger partial charge on any atom is 0.426 e. The molecule has 4 aromatic rings. The van der Waals surface area contributed by atoms with Crippen LogP contribution in [0.3, 0.4) is 0 Å². The third-order valence-electron chi connectivity index (χ3n) is 9.97. The lowest BCUT2D eigenvalue weighted by atomic mass is 9.96. The molecule has 10 heteroatoms. The molecule has 0 radical (unpaired) electrons. The van der Waals surface area contributed by atoms with E-state index < -0.39 is 12.1 Å². The molecule has 0 spiro atoms. The van der Waals surface area contributed by atoms with Crippen molar-refractivity contribution in [2.45, 2.75) is 77.4 Å². The number of amides is 3. The average Bonchev–Trinajstić information content (AvgIpc) is 3.38. The topological polar surface area (TPSA) is 95.0 Å². The van der Waals surface area contributed by atoms with E-state index in [9.17, 15) is 9.59 Å². The third-order valence-corrected chi connectivity index (χ3v) is 9.97. The van der Waals surface area contributed by atoms with Gasteiger partial charge in [-0.25, -0.2) is 14.6 Å². The number of fused-ring (bicyclic) bond motifs is 2. The summed E-state index contributed by atoms with van der Waals surface area (Å²) < 4.78 is 2.26. The average molecular weight is 666 g/mol. The third kappa shape index (κ3) is 8.25. The maximum absolute atomic E-state index is 13.7. The predicted molar refractivity (Wildman–Crippen MR) is 195 cm³/mol. The van der Waals surface area contributed by atoms with Gasteiger partial charge in [0.1, 0.15) is 5.82 Å². The van der Waals surface area contributed by atoms with E-state index in [2.05, 4.69) is 78.4 Å². The Hall–Kier alpha value is -4.41. The summed E-state index contributed by atoms with van der Waals surface area (Å²) in [5.41, 5.74) is 7.88. The lowest BCUT2D eigenvalue weighted by Gasteiger charge is -2.37. The number of nitrogens with zero attached hydrogens (tertiary/aromatic N) is 5. The first-order valence-electron chi connectivity index (χ1n) is 17.9. The number of piperidine rings is 1. The number of anilines is 1. The van der Waals surface area contributed by atoms with Crippen LogP contribution in [-0.4, -0.2) is 82.9 Å². The molecule has 1 saturated heterocycles. The number of imidazole rings is 1. The number of aryl methyl sites for hydroxylation is 3. The Balaban J connectivity index is 1.16. The molecule has 6 rings (SSSR count). The van der Waals surface area contributed by atoms with Crippen LogP contribution in [0.25, 0.3) is 11.0 Å². The summed E-state index contributed by atoms with van der Waals surface area (Å²) in [6.45, 7) is 7.91. The largest absolute Gasteiger partial charge is 0.426 e. The molecule has 260 valence electrons. The van der Waals surface area contributed by atoms with Gasteiger partial charge in [-0.1, -0.05) is 62.4 Å². The lowest BCUT2D eigenvalue weighted by molar-refractivity contribution is -0.120. The van der Waals surface area contributed by atoms with E-state index in [-0.39, 0.29) is 12.1 Å². The first kappa shape index (κ1) is 34.5. The molecule has 10 nitrogen and oxygen atoms in total. The second-order valence-electron chi connectivity index (χ2n) is 13.5. The number of nitrogens with one attached hydrogen (secondary N) is 2. The number of benzene rings is 3. The SMILES string of the molecule is CCc1ccc(CC(NC(=O)ON2CCC(N3CCc4ccccc4NC3=O)CC2)c2nc3ccccc3n2CCCN(C)C)cc1CC. The van der Waals surface area contributed by atoms with Crippen LogP contribution >= 0.6 is 0 Å². The van der Waals surface area contributed by atoms with E-state index in [1.165, 1.54) is 11.1 Å². The van der Waals surface area contributed by atoms with Gasteiger partial charge in [0.25, 0.3) is 0 Å². The molecule has 1 aromatic heterocycles. The van der Waals surface area contributed by atoms with Gasteiger partial charge in [-0.3, -0.25) is 0 Å². The highest BCUT2D eigenvalue weighted by Gasteiger charge is 2.32. The van der Waals surface area contributed by atoms with E-state index in [4.69, 9.17) is 9.82 Å². The van der Waals surface area contributed by atoms with E-state index in [0.717, 1.165) is 85.3 Å². The van der Waals surface area contributed by atoms with Crippen LogP contribution in [0.4, 0.5) is 15.3 Å². The highest BCUT2D eigenvalue weighted by Crippen LogP contribution is 2.27. The molecule has 3 amide bonds. The molecule has 3 aromatic carbocycles. The van der Waals surface area contributed by atoms with Gasteiger partial charge in [0.05, 0.1) is 17.1 Å². The fourth-order valence-electron chi connectivity index (χ4n) is 7.33. The highest BCUT2D eigenvalue weighted by atomic mass is 16.7. The van der Waals surface area contributed by atoms with Crippen LogP contribution in [0.1, 0.15) is 67.2 Å². The van der Waals surface area contributed by atoms with E-state index >= 15 is 0 Å². The molecule has 2 N–H and O–H groups in total. The number of hydrogen-bond donors (Lipinski definition) is 2. The van der Waals surface area contributed by atoms with E-state index in [1.54, 1.807) is 5.06 Å². The molecule has 0 bridgehead atoms. The first-order chi connectivity index (χ1) is 23.8. The summed E-state index contributed by atoms with van der Waals surface area (Å²) in [6, 6.07) is 22.5. The van der Waals surface area contributed by atoms with Gasteiger partial charge >= 0.3 is 12.1 Å². The molecule has 2 aliphatic heterocycles. The Bertz CT molecular complexity index is 1740. The Morgan fingerprint density at radius 1 is 1.00 bits per heavy atom. The summed E-state index contributed by atoms with van der Waals surface area (Å²) in [6.07, 6.45) is 5.29. The van der Waals surface area contributed by atoms with E-state index in [1.807, 2.05) is 41.3 Å². The summed E-state index contributed by atoms with van der Waals surface area (Å²) in [5.74, 6) is 0.835. The number of carbonyl (C=O) groups is 2. The smallest absolute Gasteiger partial charge is 0.351 e. The highest BCUT2D eigenvalue weighted by molar-refractivity contribution is 5.91. The van der Waals surface area contributed by atoms with Gasteiger partial charge in [-0.2, -0.15) is 0 Å². The lowest BCUT2D eigenvalue weighted by Crippen LogP contribution is -2.49. The molecule has 1 fully saturated rings. The number of rotatable bonds is 12. The van der Waals surface area contributed by atoms with Crippen molar-refractivity contribution >= 4 is 28.8 Å². The molecule has 2 aliphatic rings. The van der Waals surface area contributed by atoms with Gasteiger partial charge < -0.3 is 29.8 Å². The number of carbonyl (C=O) groups excluding carboxylic acids is 2. The van der Waals surface area contributed by atoms with Crippen molar-refractivity contribution in [2.24, 2.45) is 0 Å². The Kier molecular flexibility index (Phi) is 11.2. The van der Waals surface area contributed by atoms with Crippen molar-refractivity contribution in [1.82, 2.24) is 29.7 Å². The van der Waals surface area contributed by atoms with Crippen molar-refractivity contribution in [3.05, 3.63) is 94.8 Å². The molecular weight excluding hydrogens is 614 g/mol. The molecule has 0 aliphatic carbocycles. The van der Waals surface area contributed by atoms with Crippen molar-refractivity contribution in [1.29, 1.82) is 0 Å². The normalized spacial score (nSPS) is 16.3. The van der Waals surface area contributed by atoms with Crippen molar-refractivity contribution < 1.29 is 14.4 Å². The second-order valence-corrected chi connectivity index (χ2v) is 13.5. The Labute approximate surface area is 290 Å². The fourth-order valence-corrected chi connectivity index (χ4v) is 7.33. The Morgan fingerprint density at radius 2 is 1.76 bits per heavy atom. The molecule has 0 saturated carbocycles. The molecule has 1 atom stereocenters. The summed E-state index contributed by atoms with van der Waals surface area (Å²) in [5, 5.41) is 8.04. The zero-order valence-electron chi connectivity index (χ0n) is 29.5. The number of aromatic nitrogens is 2. The minimum Gasteiger partial charge on any atom is -0.351 e. The number of urea groups is 1. The van der Waals surface area contributed by atoms with Gasteiger partial charge in [-0.05, 0) is 99.6 Å². The van der Waals surface area contributed by atoms with Crippen LogP contribution in [0, 0.1) is 0 Å². The minimum absolute atomic E-state index is 0.0587. The number of hydroxylamine groups is 2.